The maximum absolute atomic E-state index is 12.3. The zero-order valence-corrected chi connectivity index (χ0v) is 17.6. The Kier molecular flexibility index (Phi) is 5.41. The van der Waals surface area contributed by atoms with Crippen molar-refractivity contribution in [3.63, 3.8) is 0 Å². The summed E-state index contributed by atoms with van der Waals surface area (Å²) in [5.41, 5.74) is 4.16. The minimum Gasteiger partial charge on any atom is -0.483 e. The molecule has 2 amide bonds. The number of amides is 2. The van der Waals surface area contributed by atoms with Gasteiger partial charge in [-0.2, -0.15) is 0 Å². The van der Waals surface area contributed by atoms with Gasteiger partial charge in [-0.05, 0) is 56.2 Å². The zero-order chi connectivity index (χ0) is 21.3. The van der Waals surface area contributed by atoms with Crippen molar-refractivity contribution in [2.24, 2.45) is 0 Å². The number of hydrogen-bond donors (Lipinski definition) is 2. The molecule has 0 saturated heterocycles. The average Bonchev–Trinajstić information content (AvgIpc) is 3.17. The van der Waals surface area contributed by atoms with Crippen LogP contribution in [0.2, 0.25) is 0 Å². The lowest BCUT2D eigenvalue weighted by Gasteiger charge is -2.23. The van der Waals surface area contributed by atoms with Crippen LogP contribution in [0.4, 0.5) is 10.8 Å². The summed E-state index contributed by atoms with van der Waals surface area (Å²) in [6.45, 7) is 5.51. The number of aromatic nitrogens is 1. The third-order valence-corrected chi connectivity index (χ3v) is 5.42. The van der Waals surface area contributed by atoms with Crippen LogP contribution in [0, 0.1) is 13.8 Å². The molecule has 1 aliphatic rings. The van der Waals surface area contributed by atoms with Crippen LogP contribution in [0.5, 0.6) is 11.5 Å². The van der Waals surface area contributed by atoms with E-state index in [1.807, 2.05) is 49.6 Å². The van der Waals surface area contributed by atoms with Gasteiger partial charge in [-0.3, -0.25) is 14.9 Å². The molecule has 30 heavy (non-hydrogen) atoms. The van der Waals surface area contributed by atoms with Gasteiger partial charge in [-0.15, -0.1) is 11.3 Å². The van der Waals surface area contributed by atoms with E-state index in [1.54, 1.807) is 13.0 Å². The predicted molar refractivity (Wildman–Crippen MR) is 116 cm³/mol. The maximum atomic E-state index is 12.3. The van der Waals surface area contributed by atoms with Crippen molar-refractivity contribution in [3.8, 4) is 22.8 Å². The molecule has 8 heteroatoms. The van der Waals surface area contributed by atoms with Crippen LogP contribution in [-0.2, 0) is 9.59 Å². The molecule has 1 aliphatic heterocycles. The van der Waals surface area contributed by atoms with Gasteiger partial charge < -0.3 is 14.8 Å². The van der Waals surface area contributed by atoms with Crippen molar-refractivity contribution in [3.05, 3.63) is 52.9 Å². The first-order valence-electron chi connectivity index (χ1n) is 9.46. The summed E-state index contributed by atoms with van der Waals surface area (Å²) >= 11 is 1.32. The van der Waals surface area contributed by atoms with E-state index >= 15 is 0 Å². The van der Waals surface area contributed by atoms with Crippen LogP contribution in [0.1, 0.15) is 18.1 Å². The number of rotatable bonds is 5. The Bertz CT molecular complexity index is 1130. The lowest BCUT2D eigenvalue weighted by Crippen LogP contribution is -2.34. The van der Waals surface area contributed by atoms with Gasteiger partial charge in [0.2, 0.25) is 0 Å². The van der Waals surface area contributed by atoms with Crippen LogP contribution in [0.3, 0.4) is 0 Å². The first-order chi connectivity index (χ1) is 14.4. The molecule has 2 heterocycles. The number of hydrogen-bond acceptors (Lipinski definition) is 6. The lowest BCUT2D eigenvalue weighted by atomic mass is 10.1. The third-order valence-electron chi connectivity index (χ3n) is 4.66. The quantitative estimate of drug-likeness (QED) is 0.643. The summed E-state index contributed by atoms with van der Waals surface area (Å²) in [4.78, 5) is 28.5. The Labute approximate surface area is 178 Å². The van der Waals surface area contributed by atoms with Gasteiger partial charge in [0, 0.05) is 10.9 Å². The van der Waals surface area contributed by atoms with Gasteiger partial charge in [0.15, 0.2) is 17.8 Å². The van der Waals surface area contributed by atoms with Crippen LogP contribution in [0.15, 0.2) is 41.8 Å². The Morgan fingerprint density at radius 1 is 1.27 bits per heavy atom. The summed E-state index contributed by atoms with van der Waals surface area (Å²) < 4.78 is 11.2. The first kappa shape index (κ1) is 19.9. The van der Waals surface area contributed by atoms with E-state index in [0.717, 1.165) is 16.7 Å². The summed E-state index contributed by atoms with van der Waals surface area (Å²) in [5, 5.41) is 7.91. The topological polar surface area (TPSA) is 89.5 Å². The van der Waals surface area contributed by atoms with Crippen molar-refractivity contribution in [2.75, 3.05) is 17.2 Å². The summed E-state index contributed by atoms with van der Waals surface area (Å²) in [5.74, 6) is 0.849. The van der Waals surface area contributed by atoms with E-state index in [2.05, 4.69) is 15.6 Å². The fourth-order valence-corrected chi connectivity index (χ4v) is 3.73. The first-order valence-corrected chi connectivity index (χ1v) is 10.3. The van der Waals surface area contributed by atoms with Crippen molar-refractivity contribution < 1.29 is 19.1 Å². The number of nitrogens with one attached hydrogen (secondary N) is 2. The summed E-state index contributed by atoms with van der Waals surface area (Å²) in [7, 11) is 0. The third kappa shape index (κ3) is 4.28. The van der Waals surface area contributed by atoms with Gasteiger partial charge in [-0.25, -0.2) is 4.98 Å². The second-order valence-corrected chi connectivity index (χ2v) is 7.96. The number of fused-ring (bicyclic) bond motifs is 1. The number of thiazole rings is 1. The Hall–Kier alpha value is -3.39. The number of carbonyl (C=O) groups is 2. The molecule has 0 fully saturated rings. The second kappa shape index (κ2) is 8.16. The number of benzene rings is 2. The lowest BCUT2D eigenvalue weighted by molar-refractivity contribution is -0.122. The summed E-state index contributed by atoms with van der Waals surface area (Å²) in [6, 6.07) is 11.3. The van der Waals surface area contributed by atoms with Gasteiger partial charge >= 0.3 is 0 Å². The minimum atomic E-state index is -0.518. The molecule has 2 aromatic carbocycles. The van der Waals surface area contributed by atoms with E-state index in [0.29, 0.717) is 28.0 Å². The zero-order valence-electron chi connectivity index (χ0n) is 16.8. The van der Waals surface area contributed by atoms with Crippen molar-refractivity contribution in [1.29, 1.82) is 0 Å². The molecule has 0 radical (unpaired) electrons. The molecule has 1 aromatic heterocycles. The Morgan fingerprint density at radius 2 is 2.10 bits per heavy atom. The van der Waals surface area contributed by atoms with Gasteiger partial charge in [0.25, 0.3) is 11.8 Å². The highest BCUT2D eigenvalue weighted by Gasteiger charge is 2.24. The SMILES string of the molecule is Cc1ccc(C)c(OCC(=O)Nc2nc(-c3ccc4c(c3)NC(=O)[C@@H](C)O4)cs2)c1. The van der Waals surface area contributed by atoms with Crippen LogP contribution < -0.4 is 20.1 Å². The van der Waals surface area contributed by atoms with E-state index in [-0.39, 0.29) is 18.4 Å². The van der Waals surface area contributed by atoms with Gasteiger partial charge in [-0.1, -0.05) is 12.1 Å². The molecule has 4 rings (SSSR count). The molecule has 7 nitrogen and oxygen atoms in total. The van der Waals surface area contributed by atoms with E-state index < -0.39 is 6.10 Å². The number of carbonyl (C=O) groups excluding carboxylic acids is 2. The van der Waals surface area contributed by atoms with Crippen LogP contribution in [-0.4, -0.2) is 29.5 Å². The summed E-state index contributed by atoms with van der Waals surface area (Å²) in [6.07, 6.45) is -0.518. The fraction of sp³-hybridized carbons (Fsp3) is 0.227. The van der Waals surface area contributed by atoms with E-state index in [1.165, 1.54) is 11.3 Å². The van der Waals surface area contributed by atoms with Crippen LogP contribution >= 0.6 is 11.3 Å². The van der Waals surface area contributed by atoms with Gasteiger partial charge in [0.05, 0.1) is 11.4 Å². The highest BCUT2D eigenvalue weighted by Crippen LogP contribution is 2.35. The molecular formula is C22H21N3O4S. The highest BCUT2D eigenvalue weighted by molar-refractivity contribution is 7.14. The normalized spacial score (nSPS) is 15.0. The maximum Gasteiger partial charge on any atom is 0.265 e. The molecule has 0 spiro atoms. The minimum absolute atomic E-state index is 0.0976. The molecule has 0 aliphatic carbocycles. The number of nitrogens with zero attached hydrogens (tertiary/aromatic N) is 1. The Morgan fingerprint density at radius 3 is 2.93 bits per heavy atom. The van der Waals surface area contributed by atoms with Crippen molar-refractivity contribution in [2.45, 2.75) is 26.9 Å². The smallest absolute Gasteiger partial charge is 0.265 e. The predicted octanol–water partition coefficient (Wildman–Crippen LogP) is 4.16. The Balaban J connectivity index is 1.41. The number of ether oxygens (including phenoxy) is 2. The molecule has 0 saturated carbocycles. The van der Waals surface area contributed by atoms with E-state index in [9.17, 15) is 9.59 Å². The van der Waals surface area contributed by atoms with E-state index in [4.69, 9.17) is 9.47 Å². The van der Waals surface area contributed by atoms with Gasteiger partial charge in [0.1, 0.15) is 11.5 Å². The monoisotopic (exact) mass is 423 g/mol. The largest absolute Gasteiger partial charge is 0.483 e. The highest BCUT2D eigenvalue weighted by atomic mass is 32.1. The second-order valence-electron chi connectivity index (χ2n) is 7.10. The molecule has 154 valence electrons. The molecular weight excluding hydrogens is 402 g/mol. The fourth-order valence-electron chi connectivity index (χ4n) is 2.99. The molecule has 0 unspecified atom stereocenters. The molecule has 2 N–H and O–H groups in total. The van der Waals surface area contributed by atoms with Crippen molar-refractivity contribution >= 4 is 34.0 Å². The number of aryl methyl sites for hydroxylation is 2. The molecule has 0 bridgehead atoms. The molecule has 1 atom stereocenters. The standard InChI is InChI=1S/C22H21N3O4S/c1-12-4-5-13(2)19(8-12)28-10-20(26)25-22-24-17(11-30-22)15-6-7-18-16(9-15)23-21(27)14(3)29-18/h4-9,11,14H,10H2,1-3H3,(H,23,27)(H,24,25,26)/t14-/m1/s1. The molecule has 3 aromatic rings. The average molecular weight is 423 g/mol. The van der Waals surface area contributed by atoms with Crippen LogP contribution in [0.25, 0.3) is 11.3 Å². The number of anilines is 2. The van der Waals surface area contributed by atoms with Crippen molar-refractivity contribution in [1.82, 2.24) is 4.98 Å².